The van der Waals surface area contributed by atoms with E-state index in [0.717, 1.165) is 10.3 Å². The zero-order valence-electron chi connectivity index (χ0n) is 14.6. The van der Waals surface area contributed by atoms with E-state index in [9.17, 15) is 9.59 Å². The molecule has 1 heterocycles. The molecule has 0 spiro atoms. The first-order valence-electron chi connectivity index (χ1n) is 8.33. The minimum atomic E-state index is -0.417. The van der Waals surface area contributed by atoms with E-state index in [1.54, 1.807) is 23.6 Å². The Morgan fingerprint density at radius 3 is 2.70 bits per heavy atom. The molecule has 1 aromatic heterocycles. The summed E-state index contributed by atoms with van der Waals surface area (Å²) in [5, 5.41) is 0.488. The number of thiazole rings is 1. The Balaban J connectivity index is 2.00. The molecule has 3 rings (SSSR count). The molecule has 0 aliphatic heterocycles. The summed E-state index contributed by atoms with van der Waals surface area (Å²) < 4.78 is 7.49. The number of nitrogens with zero attached hydrogens (tertiary/aromatic N) is 2. The third kappa shape index (κ3) is 4.72. The molecule has 0 aliphatic carbocycles. The highest BCUT2D eigenvalue weighted by Gasteiger charge is 2.14. The van der Waals surface area contributed by atoms with Gasteiger partial charge in [-0.25, -0.2) is 0 Å². The topological polar surface area (TPSA) is 60.7 Å². The maximum Gasteiger partial charge on any atom is 0.326 e. The molecule has 5 nitrogen and oxygen atoms in total. The second-order valence-electron chi connectivity index (χ2n) is 5.56. The second-order valence-corrected chi connectivity index (χ2v) is 6.97. The summed E-state index contributed by atoms with van der Waals surface area (Å²) >= 11 is 7.60. The van der Waals surface area contributed by atoms with Crippen molar-refractivity contribution in [3.8, 4) is 0 Å². The van der Waals surface area contributed by atoms with E-state index >= 15 is 0 Å². The molecule has 7 heteroatoms. The van der Waals surface area contributed by atoms with Crippen LogP contribution in [0.5, 0.6) is 0 Å². The molecule has 1 amide bonds. The first-order chi connectivity index (χ1) is 13.1. The van der Waals surface area contributed by atoms with Crippen molar-refractivity contribution < 1.29 is 14.3 Å². The lowest BCUT2D eigenvalue weighted by Crippen LogP contribution is -2.23. The fourth-order valence-electron chi connectivity index (χ4n) is 2.52. The summed E-state index contributed by atoms with van der Waals surface area (Å²) in [6.45, 7) is 1.96. The summed E-state index contributed by atoms with van der Waals surface area (Å²) in [6, 6.07) is 14.9. The van der Waals surface area contributed by atoms with Crippen molar-refractivity contribution >= 4 is 51.1 Å². The molecule has 0 bridgehead atoms. The highest BCUT2D eigenvalue weighted by atomic mass is 35.5. The number of para-hydroxylation sites is 1. The minimum absolute atomic E-state index is 0.0634. The Hall–Kier alpha value is -2.70. The van der Waals surface area contributed by atoms with Gasteiger partial charge in [0, 0.05) is 6.08 Å². The van der Waals surface area contributed by atoms with E-state index in [2.05, 4.69) is 4.99 Å². The van der Waals surface area contributed by atoms with Crippen LogP contribution in [0.2, 0.25) is 5.02 Å². The van der Waals surface area contributed by atoms with Crippen LogP contribution in [-0.4, -0.2) is 23.1 Å². The van der Waals surface area contributed by atoms with Gasteiger partial charge >= 0.3 is 5.97 Å². The summed E-state index contributed by atoms with van der Waals surface area (Å²) in [4.78, 5) is 28.8. The van der Waals surface area contributed by atoms with Crippen molar-refractivity contribution in [1.29, 1.82) is 0 Å². The monoisotopic (exact) mass is 400 g/mol. The molecule has 0 aliphatic rings. The van der Waals surface area contributed by atoms with Crippen LogP contribution in [0.15, 0.2) is 59.6 Å². The number of fused-ring (bicyclic) bond motifs is 1. The zero-order chi connectivity index (χ0) is 19.2. The number of ether oxygens (including phenoxy) is 1. The lowest BCUT2D eigenvalue weighted by Gasteiger charge is -2.05. The van der Waals surface area contributed by atoms with Gasteiger partial charge in [-0.2, -0.15) is 4.99 Å². The number of carbonyl (C=O) groups excluding carboxylic acids is 2. The predicted molar refractivity (Wildman–Crippen MR) is 108 cm³/mol. The molecule has 0 fully saturated rings. The van der Waals surface area contributed by atoms with Gasteiger partial charge in [-0.3, -0.25) is 9.59 Å². The number of esters is 1. The lowest BCUT2D eigenvalue weighted by molar-refractivity contribution is -0.143. The van der Waals surface area contributed by atoms with E-state index in [1.165, 1.54) is 17.4 Å². The van der Waals surface area contributed by atoms with Gasteiger partial charge in [0.05, 0.1) is 21.8 Å². The van der Waals surface area contributed by atoms with Crippen LogP contribution in [0.3, 0.4) is 0 Å². The van der Waals surface area contributed by atoms with Gasteiger partial charge in [0.1, 0.15) is 6.54 Å². The van der Waals surface area contributed by atoms with Gasteiger partial charge < -0.3 is 9.30 Å². The highest BCUT2D eigenvalue weighted by Crippen LogP contribution is 2.25. The number of benzene rings is 2. The fourth-order valence-corrected chi connectivity index (χ4v) is 3.91. The average Bonchev–Trinajstić information content (AvgIpc) is 2.99. The fraction of sp³-hybridized carbons (Fsp3) is 0.150. The summed E-state index contributed by atoms with van der Waals surface area (Å²) in [5.74, 6) is -0.829. The number of hydrogen-bond donors (Lipinski definition) is 0. The molecule has 0 saturated heterocycles. The van der Waals surface area contributed by atoms with Crippen LogP contribution in [-0.2, 0) is 20.9 Å². The molecular weight excluding hydrogens is 384 g/mol. The minimum Gasteiger partial charge on any atom is -0.465 e. The Morgan fingerprint density at radius 1 is 1.19 bits per heavy atom. The van der Waals surface area contributed by atoms with Crippen LogP contribution in [0.1, 0.15) is 12.5 Å². The maximum absolute atomic E-state index is 12.3. The van der Waals surface area contributed by atoms with Gasteiger partial charge in [-0.15, -0.1) is 0 Å². The molecule has 0 atom stereocenters. The Kier molecular flexibility index (Phi) is 6.21. The van der Waals surface area contributed by atoms with E-state index < -0.39 is 11.9 Å². The number of halogens is 1. The van der Waals surface area contributed by atoms with Gasteiger partial charge in [0.25, 0.3) is 5.91 Å². The first kappa shape index (κ1) is 19.1. The molecule has 0 unspecified atom stereocenters. The zero-order valence-corrected chi connectivity index (χ0v) is 16.2. The van der Waals surface area contributed by atoms with E-state index in [4.69, 9.17) is 16.3 Å². The summed E-state index contributed by atoms with van der Waals surface area (Å²) in [6.07, 6.45) is 3.10. The summed E-state index contributed by atoms with van der Waals surface area (Å²) in [5.41, 5.74) is 1.57. The van der Waals surface area contributed by atoms with E-state index in [-0.39, 0.29) is 13.2 Å². The number of hydrogen-bond acceptors (Lipinski definition) is 4. The van der Waals surface area contributed by atoms with Crippen molar-refractivity contribution in [3.63, 3.8) is 0 Å². The molecule has 0 saturated carbocycles. The number of carbonyl (C=O) groups is 2. The second kappa shape index (κ2) is 8.79. The molecule has 2 aromatic carbocycles. The predicted octanol–water partition coefficient (Wildman–Crippen LogP) is 4.06. The van der Waals surface area contributed by atoms with Crippen LogP contribution >= 0.6 is 22.9 Å². The van der Waals surface area contributed by atoms with Crippen LogP contribution in [0, 0.1) is 0 Å². The van der Waals surface area contributed by atoms with E-state index in [1.807, 2.05) is 42.5 Å². The SMILES string of the molecule is CCOC(=O)Cn1c(=NC(=O)C=Cc2ccccc2)sc2cccc(Cl)c21. The largest absolute Gasteiger partial charge is 0.465 e. The maximum atomic E-state index is 12.3. The Morgan fingerprint density at radius 2 is 1.96 bits per heavy atom. The number of aromatic nitrogens is 1. The average molecular weight is 401 g/mol. The van der Waals surface area contributed by atoms with Crippen LogP contribution in [0.25, 0.3) is 16.3 Å². The van der Waals surface area contributed by atoms with Crippen molar-refractivity contribution in [2.75, 3.05) is 6.61 Å². The van der Waals surface area contributed by atoms with Crippen molar-refractivity contribution in [1.82, 2.24) is 4.57 Å². The van der Waals surface area contributed by atoms with Crippen LogP contribution < -0.4 is 4.80 Å². The quantitative estimate of drug-likeness (QED) is 0.479. The normalized spacial score (nSPS) is 12.0. The molecule has 138 valence electrons. The van der Waals surface area contributed by atoms with Crippen LogP contribution in [0.4, 0.5) is 0 Å². The lowest BCUT2D eigenvalue weighted by atomic mass is 10.2. The molecule has 3 aromatic rings. The third-order valence-electron chi connectivity index (χ3n) is 3.67. The van der Waals surface area contributed by atoms with Gasteiger partial charge in [0.2, 0.25) is 0 Å². The molecular formula is C20H17ClN2O3S. The van der Waals surface area contributed by atoms with Gasteiger partial charge in [0.15, 0.2) is 4.80 Å². The van der Waals surface area contributed by atoms with Gasteiger partial charge in [-0.05, 0) is 30.7 Å². The third-order valence-corrected chi connectivity index (χ3v) is 5.02. The number of amides is 1. The Bertz CT molecular complexity index is 1070. The first-order valence-corrected chi connectivity index (χ1v) is 9.53. The molecule has 0 radical (unpaired) electrons. The number of rotatable bonds is 5. The smallest absolute Gasteiger partial charge is 0.326 e. The molecule has 0 N–H and O–H groups in total. The van der Waals surface area contributed by atoms with Crippen molar-refractivity contribution in [3.05, 3.63) is 70.0 Å². The van der Waals surface area contributed by atoms with Crippen molar-refractivity contribution in [2.45, 2.75) is 13.5 Å². The van der Waals surface area contributed by atoms with E-state index in [0.29, 0.717) is 15.3 Å². The molecule has 27 heavy (non-hydrogen) atoms. The Labute approximate surface area is 165 Å². The van der Waals surface area contributed by atoms with Crippen molar-refractivity contribution in [2.24, 2.45) is 4.99 Å². The standard InChI is InChI=1S/C20H17ClN2O3S/c1-2-26-18(25)13-23-19-15(21)9-6-10-16(19)27-20(23)22-17(24)12-11-14-7-4-3-5-8-14/h3-12H,2,13H2,1H3. The van der Waals surface area contributed by atoms with Gasteiger partial charge in [-0.1, -0.05) is 59.3 Å². The highest BCUT2D eigenvalue weighted by molar-refractivity contribution is 7.16. The summed E-state index contributed by atoms with van der Waals surface area (Å²) in [7, 11) is 0.